The second kappa shape index (κ2) is 9.90. The Balaban J connectivity index is 1.47. The highest BCUT2D eigenvalue weighted by atomic mass is 35.5. The first-order valence-corrected chi connectivity index (χ1v) is 10.8. The third kappa shape index (κ3) is 5.60. The van der Waals surface area contributed by atoms with Gasteiger partial charge in [-0.15, -0.1) is 0 Å². The van der Waals surface area contributed by atoms with Crippen molar-refractivity contribution in [1.29, 1.82) is 0 Å². The zero-order valence-electron chi connectivity index (χ0n) is 17.1. The van der Waals surface area contributed by atoms with Gasteiger partial charge in [-0.2, -0.15) is 0 Å². The summed E-state index contributed by atoms with van der Waals surface area (Å²) in [5.74, 6) is -0.0478. The van der Waals surface area contributed by atoms with Crippen LogP contribution in [-0.2, 0) is 4.79 Å². The average molecular weight is 439 g/mol. The van der Waals surface area contributed by atoms with Crippen LogP contribution in [0.4, 0.5) is 21.6 Å². The molecule has 1 aromatic heterocycles. The minimum atomic E-state index is -0.476. The maximum Gasteiger partial charge on any atom is 0.248 e. The summed E-state index contributed by atoms with van der Waals surface area (Å²) in [6.45, 7) is 2.99. The van der Waals surface area contributed by atoms with Gasteiger partial charge in [-0.25, -0.2) is 9.37 Å². The smallest absolute Gasteiger partial charge is 0.248 e. The SMILES string of the molecule is O=C(/C=C/CN1CCCCC1)Nc1ccc2ccnc(Nc3ccc(F)c(Cl)c3)c2c1. The lowest BCUT2D eigenvalue weighted by atomic mass is 10.1. The Kier molecular flexibility index (Phi) is 6.79. The van der Waals surface area contributed by atoms with Crippen molar-refractivity contribution >= 4 is 45.5 Å². The zero-order chi connectivity index (χ0) is 21.6. The van der Waals surface area contributed by atoms with Gasteiger partial charge in [0.05, 0.1) is 5.02 Å². The van der Waals surface area contributed by atoms with Crippen molar-refractivity contribution in [2.75, 3.05) is 30.3 Å². The Labute approximate surface area is 185 Å². The number of carbonyl (C=O) groups is 1. The van der Waals surface area contributed by atoms with E-state index in [1.165, 1.54) is 31.4 Å². The number of nitrogens with one attached hydrogen (secondary N) is 2. The number of piperidine rings is 1. The first-order valence-electron chi connectivity index (χ1n) is 10.4. The summed E-state index contributed by atoms with van der Waals surface area (Å²) in [4.78, 5) is 19.1. The van der Waals surface area contributed by atoms with Gasteiger partial charge in [0.15, 0.2) is 0 Å². The molecule has 31 heavy (non-hydrogen) atoms. The molecule has 2 aromatic carbocycles. The van der Waals surface area contributed by atoms with Gasteiger partial charge in [-0.05, 0) is 67.7 Å². The molecule has 1 amide bonds. The van der Waals surface area contributed by atoms with Crippen LogP contribution in [0.3, 0.4) is 0 Å². The van der Waals surface area contributed by atoms with Crippen LogP contribution in [0.15, 0.2) is 60.8 Å². The Morgan fingerprint density at radius 3 is 2.71 bits per heavy atom. The van der Waals surface area contributed by atoms with Crippen molar-refractivity contribution in [2.45, 2.75) is 19.3 Å². The number of halogens is 2. The van der Waals surface area contributed by atoms with E-state index in [1.807, 2.05) is 30.3 Å². The van der Waals surface area contributed by atoms with Crippen molar-refractivity contribution in [3.8, 4) is 0 Å². The van der Waals surface area contributed by atoms with E-state index in [2.05, 4.69) is 20.5 Å². The fourth-order valence-electron chi connectivity index (χ4n) is 3.69. The van der Waals surface area contributed by atoms with Gasteiger partial charge in [0.25, 0.3) is 0 Å². The van der Waals surface area contributed by atoms with Crippen molar-refractivity contribution < 1.29 is 9.18 Å². The van der Waals surface area contributed by atoms with Crippen LogP contribution in [0, 0.1) is 5.82 Å². The number of pyridine rings is 1. The van der Waals surface area contributed by atoms with Gasteiger partial charge in [0.1, 0.15) is 11.6 Å². The molecule has 3 aromatic rings. The molecule has 2 heterocycles. The Morgan fingerprint density at radius 2 is 1.90 bits per heavy atom. The van der Waals surface area contributed by atoms with Crippen molar-refractivity contribution in [2.24, 2.45) is 0 Å². The van der Waals surface area contributed by atoms with Gasteiger partial charge >= 0.3 is 0 Å². The molecular weight excluding hydrogens is 415 g/mol. The molecule has 0 saturated carbocycles. The fourth-order valence-corrected chi connectivity index (χ4v) is 3.87. The summed E-state index contributed by atoms with van der Waals surface area (Å²) >= 11 is 5.88. The molecule has 0 aliphatic carbocycles. The molecule has 4 rings (SSSR count). The van der Waals surface area contributed by atoms with E-state index in [0.29, 0.717) is 17.2 Å². The molecule has 5 nitrogen and oxygen atoms in total. The van der Waals surface area contributed by atoms with Gasteiger partial charge < -0.3 is 10.6 Å². The quantitative estimate of drug-likeness (QED) is 0.481. The third-order valence-corrected chi connectivity index (χ3v) is 5.59. The van der Waals surface area contributed by atoms with Crippen LogP contribution < -0.4 is 10.6 Å². The number of rotatable bonds is 6. The fraction of sp³-hybridized carbons (Fsp3) is 0.250. The second-order valence-corrected chi connectivity index (χ2v) is 8.01. The lowest BCUT2D eigenvalue weighted by molar-refractivity contribution is -0.111. The number of nitrogens with zero attached hydrogens (tertiary/aromatic N) is 2. The number of anilines is 3. The number of aromatic nitrogens is 1. The molecule has 1 aliphatic rings. The molecule has 1 fully saturated rings. The average Bonchev–Trinajstić information content (AvgIpc) is 2.77. The van der Waals surface area contributed by atoms with Gasteiger partial charge in [-0.1, -0.05) is 30.2 Å². The van der Waals surface area contributed by atoms with Gasteiger partial charge in [0.2, 0.25) is 5.91 Å². The summed E-state index contributed by atoms with van der Waals surface area (Å²) in [7, 11) is 0. The highest BCUT2D eigenvalue weighted by Crippen LogP contribution is 2.28. The molecule has 2 N–H and O–H groups in total. The molecule has 0 radical (unpaired) electrons. The number of fused-ring (bicyclic) bond motifs is 1. The molecule has 7 heteroatoms. The third-order valence-electron chi connectivity index (χ3n) is 5.30. The van der Waals surface area contributed by atoms with E-state index in [1.54, 1.807) is 18.3 Å². The largest absolute Gasteiger partial charge is 0.340 e. The number of benzene rings is 2. The first-order chi connectivity index (χ1) is 15.1. The van der Waals surface area contributed by atoms with Crippen LogP contribution in [0.1, 0.15) is 19.3 Å². The zero-order valence-corrected chi connectivity index (χ0v) is 17.8. The Morgan fingerprint density at radius 1 is 1.10 bits per heavy atom. The lowest BCUT2D eigenvalue weighted by Gasteiger charge is -2.24. The number of likely N-dealkylation sites (tertiary alicyclic amines) is 1. The van der Waals surface area contributed by atoms with E-state index in [4.69, 9.17) is 11.6 Å². The van der Waals surface area contributed by atoms with Crippen LogP contribution >= 0.6 is 11.6 Å². The van der Waals surface area contributed by atoms with Gasteiger partial charge in [-0.3, -0.25) is 9.69 Å². The second-order valence-electron chi connectivity index (χ2n) is 7.60. The minimum Gasteiger partial charge on any atom is -0.340 e. The molecule has 1 aliphatic heterocycles. The minimum absolute atomic E-state index is 0.0366. The van der Waals surface area contributed by atoms with E-state index in [0.717, 1.165) is 30.4 Å². The van der Waals surface area contributed by atoms with E-state index < -0.39 is 5.82 Å². The number of carbonyl (C=O) groups excluding carboxylic acids is 1. The Bertz CT molecular complexity index is 1110. The predicted octanol–water partition coefficient (Wildman–Crippen LogP) is 5.75. The number of amides is 1. The molecule has 0 atom stereocenters. The standard InChI is InChI=1S/C24H24ClFN4O/c25-21-16-19(8-9-22(21)26)29-24-20-15-18(7-6-17(20)10-11-27-24)28-23(31)5-4-14-30-12-2-1-3-13-30/h4-11,15-16H,1-3,12-14H2,(H,27,29)(H,28,31)/b5-4+. The molecule has 0 bridgehead atoms. The van der Waals surface area contributed by atoms with E-state index in [9.17, 15) is 9.18 Å². The summed E-state index contributed by atoms with van der Waals surface area (Å²) in [6.07, 6.45) is 8.94. The summed E-state index contributed by atoms with van der Waals surface area (Å²) in [5, 5.41) is 7.91. The highest BCUT2D eigenvalue weighted by molar-refractivity contribution is 6.31. The lowest BCUT2D eigenvalue weighted by Crippen LogP contribution is -2.29. The first kappa shape index (κ1) is 21.3. The van der Waals surface area contributed by atoms with Crippen molar-refractivity contribution in [3.05, 3.63) is 71.7 Å². The summed E-state index contributed by atoms with van der Waals surface area (Å²) < 4.78 is 13.4. The van der Waals surface area contributed by atoms with E-state index in [-0.39, 0.29) is 10.9 Å². The molecule has 1 saturated heterocycles. The topological polar surface area (TPSA) is 57.3 Å². The van der Waals surface area contributed by atoms with Gasteiger partial charge in [0, 0.05) is 35.6 Å². The highest BCUT2D eigenvalue weighted by Gasteiger charge is 2.09. The van der Waals surface area contributed by atoms with Crippen LogP contribution in [0.5, 0.6) is 0 Å². The maximum absolute atomic E-state index is 13.4. The van der Waals surface area contributed by atoms with Crippen molar-refractivity contribution in [1.82, 2.24) is 9.88 Å². The molecule has 160 valence electrons. The molecular formula is C24H24ClFN4O. The predicted molar refractivity (Wildman–Crippen MR) is 124 cm³/mol. The summed E-state index contributed by atoms with van der Waals surface area (Å²) in [6, 6.07) is 12.0. The van der Waals surface area contributed by atoms with E-state index >= 15 is 0 Å². The van der Waals surface area contributed by atoms with Crippen LogP contribution in [0.25, 0.3) is 10.8 Å². The van der Waals surface area contributed by atoms with Crippen molar-refractivity contribution in [3.63, 3.8) is 0 Å². The normalized spacial score (nSPS) is 14.8. The summed E-state index contributed by atoms with van der Waals surface area (Å²) in [5.41, 5.74) is 1.30. The number of hydrogen-bond acceptors (Lipinski definition) is 4. The number of hydrogen-bond donors (Lipinski definition) is 2. The molecule has 0 unspecified atom stereocenters. The van der Waals surface area contributed by atoms with Crippen LogP contribution in [-0.4, -0.2) is 35.4 Å². The molecule has 0 spiro atoms. The van der Waals surface area contributed by atoms with Crippen LogP contribution in [0.2, 0.25) is 5.02 Å². The Hall–Kier alpha value is -2.96. The monoisotopic (exact) mass is 438 g/mol. The maximum atomic E-state index is 13.4.